The second kappa shape index (κ2) is 14.5. The summed E-state index contributed by atoms with van der Waals surface area (Å²) < 4.78 is 22.6. The zero-order valence-electron chi connectivity index (χ0n) is 21.0. The molecule has 1 atom stereocenters. The molecule has 0 aromatic heterocycles. The smallest absolute Gasteiger partial charge is 0.335 e. The lowest BCUT2D eigenvalue weighted by Gasteiger charge is -2.16. The first-order valence-electron chi connectivity index (χ1n) is 12.1. The molecular weight excluding hydrogens is 458 g/mol. The van der Waals surface area contributed by atoms with E-state index in [4.69, 9.17) is 23.8 Å². The first kappa shape index (κ1) is 26.8. The summed E-state index contributed by atoms with van der Waals surface area (Å²) in [5.41, 5.74) is 2.41. The molecule has 3 aromatic carbocycles. The molecule has 7 heteroatoms. The first-order chi connectivity index (χ1) is 17.6. The quantitative estimate of drug-likeness (QED) is 0.161. The van der Waals surface area contributed by atoms with E-state index in [0.29, 0.717) is 37.7 Å². The van der Waals surface area contributed by atoms with Crippen LogP contribution in [0.15, 0.2) is 84.0 Å². The molecule has 0 fully saturated rings. The summed E-state index contributed by atoms with van der Waals surface area (Å²) in [5.74, 6) is 1.78. The maximum absolute atomic E-state index is 12.2. The van der Waals surface area contributed by atoms with Gasteiger partial charge in [0.15, 0.2) is 6.10 Å². The fourth-order valence-electron chi connectivity index (χ4n) is 3.42. The van der Waals surface area contributed by atoms with Crippen LogP contribution in [0.5, 0.6) is 17.2 Å². The van der Waals surface area contributed by atoms with Gasteiger partial charge in [-0.1, -0.05) is 35.5 Å². The maximum atomic E-state index is 12.2. The number of hydrogen-bond acceptors (Lipinski definition) is 7. The van der Waals surface area contributed by atoms with E-state index in [9.17, 15) is 4.79 Å². The normalized spacial score (nSPS) is 12.0. The highest BCUT2D eigenvalue weighted by atomic mass is 16.6. The number of oxime groups is 1. The summed E-state index contributed by atoms with van der Waals surface area (Å²) >= 11 is 0. The zero-order valence-corrected chi connectivity index (χ0v) is 21.0. The van der Waals surface area contributed by atoms with Crippen LogP contribution in [0.2, 0.25) is 0 Å². The van der Waals surface area contributed by atoms with Gasteiger partial charge in [0.25, 0.3) is 0 Å². The molecule has 0 radical (unpaired) electrons. The summed E-state index contributed by atoms with van der Waals surface area (Å²) in [6.45, 7) is 6.89. The van der Waals surface area contributed by atoms with Gasteiger partial charge in [0, 0.05) is 18.6 Å². The lowest BCUT2D eigenvalue weighted by atomic mass is 10.1. The first-order valence-corrected chi connectivity index (χ1v) is 12.1. The van der Waals surface area contributed by atoms with Crippen molar-refractivity contribution in [1.82, 2.24) is 0 Å². The van der Waals surface area contributed by atoms with Gasteiger partial charge in [0.2, 0.25) is 0 Å². The molecular formula is C29H33NO6. The SMILES string of the molecule is CCO/N=C(\COc1cccc(CC(OCC)C(=O)OCC)c1)c1ccc(Oc2ccccc2)cc1. The Morgan fingerprint density at radius 3 is 2.22 bits per heavy atom. The number of para-hydroxylation sites is 1. The Labute approximate surface area is 212 Å². The molecule has 0 heterocycles. The van der Waals surface area contributed by atoms with Crippen LogP contribution in [0.3, 0.4) is 0 Å². The zero-order chi connectivity index (χ0) is 25.6. The summed E-state index contributed by atoms with van der Waals surface area (Å²) in [4.78, 5) is 17.5. The van der Waals surface area contributed by atoms with Gasteiger partial charge in [0.1, 0.15) is 36.2 Å². The van der Waals surface area contributed by atoms with Gasteiger partial charge in [-0.2, -0.15) is 0 Å². The second-order valence-corrected chi connectivity index (χ2v) is 7.73. The van der Waals surface area contributed by atoms with Crippen molar-refractivity contribution in [3.05, 3.63) is 90.0 Å². The number of carbonyl (C=O) groups is 1. The minimum Gasteiger partial charge on any atom is -0.487 e. The third kappa shape index (κ3) is 8.43. The predicted octanol–water partition coefficient (Wildman–Crippen LogP) is 5.81. The van der Waals surface area contributed by atoms with E-state index < -0.39 is 6.10 Å². The van der Waals surface area contributed by atoms with Crippen LogP contribution in [0, 0.1) is 0 Å². The minimum absolute atomic E-state index is 0.203. The third-order valence-corrected chi connectivity index (χ3v) is 5.08. The van der Waals surface area contributed by atoms with Crippen molar-refractivity contribution in [2.24, 2.45) is 5.16 Å². The van der Waals surface area contributed by atoms with Gasteiger partial charge in [-0.15, -0.1) is 0 Å². The monoisotopic (exact) mass is 491 g/mol. The van der Waals surface area contributed by atoms with E-state index in [1.807, 2.05) is 92.7 Å². The molecule has 3 aromatic rings. The molecule has 0 spiro atoms. The van der Waals surface area contributed by atoms with E-state index in [2.05, 4.69) is 5.16 Å². The molecule has 0 saturated heterocycles. The highest BCUT2D eigenvalue weighted by Crippen LogP contribution is 2.22. The lowest BCUT2D eigenvalue weighted by molar-refractivity contribution is -0.156. The largest absolute Gasteiger partial charge is 0.487 e. The number of benzene rings is 3. The molecule has 7 nitrogen and oxygen atoms in total. The van der Waals surface area contributed by atoms with Crippen molar-refractivity contribution in [2.45, 2.75) is 33.3 Å². The second-order valence-electron chi connectivity index (χ2n) is 7.73. The van der Waals surface area contributed by atoms with Crippen LogP contribution in [0.4, 0.5) is 0 Å². The predicted molar refractivity (Wildman–Crippen MR) is 139 cm³/mol. The molecule has 0 saturated carbocycles. The van der Waals surface area contributed by atoms with E-state index in [1.165, 1.54) is 0 Å². The van der Waals surface area contributed by atoms with Crippen molar-refractivity contribution in [3.63, 3.8) is 0 Å². The molecule has 0 bridgehead atoms. The van der Waals surface area contributed by atoms with Gasteiger partial charge in [-0.05, 0) is 74.9 Å². The highest BCUT2D eigenvalue weighted by Gasteiger charge is 2.20. The van der Waals surface area contributed by atoms with Crippen LogP contribution in [0.1, 0.15) is 31.9 Å². The number of rotatable bonds is 14. The molecule has 36 heavy (non-hydrogen) atoms. The average Bonchev–Trinajstić information content (AvgIpc) is 2.90. The van der Waals surface area contributed by atoms with Gasteiger partial charge in [-0.25, -0.2) is 4.79 Å². The Morgan fingerprint density at radius 2 is 1.53 bits per heavy atom. The Kier molecular flexibility index (Phi) is 10.8. The lowest BCUT2D eigenvalue weighted by Crippen LogP contribution is -2.29. The Bertz CT molecular complexity index is 1100. The fraction of sp³-hybridized carbons (Fsp3) is 0.310. The summed E-state index contributed by atoms with van der Waals surface area (Å²) in [6, 6.07) is 24.8. The van der Waals surface area contributed by atoms with Crippen molar-refractivity contribution >= 4 is 11.7 Å². The Balaban J connectivity index is 1.67. The van der Waals surface area contributed by atoms with Crippen molar-refractivity contribution in [2.75, 3.05) is 26.4 Å². The number of ether oxygens (including phenoxy) is 4. The topological polar surface area (TPSA) is 75.6 Å². The van der Waals surface area contributed by atoms with E-state index in [1.54, 1.807) is 6.92 Å². The summed E-state index contributed by atoms with van der Waals surface area (Å²) in [7, 11) is 0. The highest BCUT2D eigenvalue weighted by molar-refractivity contribution is 6.01. The standard InChI is InChI=1S/C29H33NO6/c1-4-32-28(29(31)33-5-2)20-22-11-10-14-26(19-22)34-21-27(30-35-6-3)23-15-17-25(18-16-23)36-24-12-8-7-9-13-24/h7-19,28H,4-6,20-21H2,1-3H3/b30-27+. The van der Waals surface area contributed by atoms with Gasteiger partial charge >= 0.3 is 5.97 Å². The molecule has 0 amide bonds. The molecule has 0 N–H and O–H groups in total. The van der Waals surface area contributed by atoms with Crippen LogP contribution in [-0.2, 0) is 25.5 Å². The van der Waals surface area contributed by atoms with E-state index in [0.717, 1.165) is 22.6 Å². The van der Waals surface area contributed by atoms with E-state index >= 15 is 0 Å². The third-order valence-electron chi connectivity index (χ3n) is 5.08. The Morgan fingerprint density at radius 1 is 0.806 bits per heavy atom. The van der Waals surface area contributed by atoms with Gasteiger partial charge < -0.3 is 23.8 Å². The number of esters is 1. The molecule has 0 aliphatic carbocycles. The van der Waals surface area contributed by atoms with Crippen molar-refractivity contribution in [3.8, 4) is 17.2 Å². The average molecular weight is 492 g/mol. The van der Waals surface area contributed by atoms with Crippen molar-refractivity contribution in [1.29, 1.82) is 0 Å². The molecule has 1 unspecified atom stereocenters. The summed E-state index contributed by atoms with van der Waals surface area (Å²) in [5, 5.41) is 4.25. The molecule has 3 rings (SSSR count). The van der Waals surface area contributed by atoms with Gasteiger partial charge in [0.05, 0.1) is 6.61 Å². The van der Waals surface area contributed by atoms with Crippen LogP contribution in [-0.4, -0.2) is 44.2 Å². The number of carbonyl (C=O) groups excluding carboxylic acids is 1. The van der Waals surface area contributed by atoms with Gasteiger partial charge in [-0.3, -0.25) is 0 Å². The Hall–Kier alpha value is -3.84. The minimum atomic E-state index is -0.656. The van der Waals surface area contributed by atoms with Crippen LogP contribution in [0.25, 0.3) is 0 Å². The van der Waals surface area contributed by atoms with Crippen LogP contribution >= 0.6 is 0 Å². The van der Waals surface area contributed by atoms with Crippen molar-refractivity contribution < 1.29 is 28.6 Å². The fourth-order valence-corrected chi connectivity index (χ4v) is 3.42. The molecule has 0 aliphatic heterocycles. The molecule has 0 aliphatic rings. The summed E-state index contributed by atoms with van der Waals surface area (Å²) in [6.07, 6.45) is -0.260. The maximum Gasteiger partial charge on any atom is 0.335 e. The van der Waals surface area contributed by atoms with E-state index in [-0.39, 0.29) is 12.6 Å². The molecule has 190 valence electrons. The number of hydrogen-bond donors (Lipinski definition) is 0. The van der Waals surface area contributed by atoms with Crippen LogP contribution < -0.4 is 9.47 Å². The number of nitrogens with zero attached hydrogens (tertiary/aromatic N) is 1.